The van der Waals surface area contributed by atoms with Crippen LogP contribution >= 0.6 is 27.5 Å². The number of benzene rings is 1. The Morgan fingerprint density at radius 1 is 1.20 bits per heavy atom. The minimum absolute atomic E-state index is 0.612. The summed E-state index contributed by atoms with van der Waals surface area (Å²) in [4.78, 5) is 4.18. The van der Waals surface area contributed by atoms with Crippen LogP contribution in [0.3, 0.4) is 0 Å². The quantitative estimate of drug-likeness (QED) is 0.891. The molecule has 2 rings (SSSR count). The van der Waals surface area contributed by atoms with Gasteiger partial charge in [-0.25, -0.2) is 4.98 Å². The van der Waals surface area contributed by atoms with Gasteiger partial charge in [0.05, 0.1) is 9.50 Å². The predicted molar refractivity (Wildman–Crippen MR) is 66.7 cm³/mol. The van der Waals surface area contributed by atoms with Gasteiger partial charge in [-0.15, -0.1) is 0 Å². The third-order valence-electron chi connectivity index (χ3n) is 1.84. The molecule has 4 heteroatoms. The van der Waals surface area contributed by atoms with E-state index in [1.54, 1.807) is 12.3 Å². The first-order valence-corrected chi connectivity index (χ1v) is 5.56. The number of rotatable bonds is 2. The molecule has 0 aliphatic heterocycles. The first kappa shape index (κ1) is 10.5. The van der Waals surface area contributed by atoms with E-state index >= 15 is 0 Å². The second-order valence-electron chi connectivity index (χ2n) is 2.97. The largest absolute Gasteiger partial charge is 0.339 e. The van der Waals surface area contributed by atoms with E-state index in [1.807, 2.05) is 30.3 Å². The maximum atomic E-state index is 5.80. The van der Waals surface area contributed by atoms with Crippen molar-refractivity contribution in [1.29, 1.82) is 0 Å². The van der Waals surface area contributed by atoms with E-state index < -0.39 is 0 Å². The van der Waals surface area contributed by atoms with Gasteiger partial charge in [0, 0.05) is 11.9 Å². The maximum absolute atomic E-state index is 5.80. The molecule has 0 radical (unpaired) electrons. The van der Waals surface area contributed by atoms with Gasteiger partial charge in [-0.3, -0.25) is 0 Å². The van der Waals surface area contributed by atoms with Crippen molar-refractivity contribution >= 4 is 39.0 Å². The molecule has 1 aromatic carbocycles. The number of para-hydroxylation sites is 1. The molecule has 0 atom stereocenters. The lowest BCUT2D eigenvalue weighted by Crippen LogP contribution is -1.93. The summed E-state index contributed by atoms with van der Waals surface area (Å²) >= 11 is 9.19. The fourth-order valence-electron chi connectivity index (χ4n) is 1.16. The molecule has 2 aromatic rings. The lowest BCUT2D eigenvalue weighted by atomic mass is 10.3. The standard InChI is InChI=1S/C11H8BrClN2/c12-10-6-8(13)7-14-11(10)15-9-4-2-1-3-5-9/h1-7H,(H,14,15). The molecule has 0 amide bonds. The molecule has 0 aliphatic carbocycles. The molecule has 0 fully saturated rings. The van der Waals surface area contributed by atoms with Crippen molar-refractivity contribution in [2.24, 2.45) is 0 Å². The van der Waals surface area contributed by atoms with E-state index in [0.717, 1.165) is 16.0 Å². The molecule has 2 nitrogen and oxygen atoms in total. The van der Waals surface area contributed by atoms with Crippen molar-refractivity contribution in [1.82, 2.24) is 4.98 Å². The van der Waals surface area contributed by atoms with Crippen LogP contribution in [0.4, 0.5) is 11.5 Å². The van der Waals surface area contributed by atoms with Crippen LogP contribution in [0.2, 0.25) is 5.02 Å². The minimum Gasteiger partial charge on any atom is -0.339 e. The summed E-state index contributed by atoms with van der Waals surface area (Å²) in [5.41, 5.74) is 0.994. The number of aromatic nitrogens is 1. The van der Waals surface area contributed by atoms with Crippen molar-refractivity contribution in [3.63, 3.8) is 0 Å². The van der Waals surface area contributed by atoms with Crippen molar-refractivity contribution < 1.29 is 0 Å². The Kier molecular flexibility index (Phi) is 3.23. The second kappa shape index (κ2) is 4.64. The number of halogens is 2. The summed E-state index contributed by atoms with van der Waals surface area (Å²) in [5, 5.41) is 3.79. The molecule has 0 unspecified atom stereocenters. The summed E-state index contributed by atoms with van der Waals surface area (Å²) in [6.07, 6.45) is 1.61. The molecule has 15 heavy (non-hydrogen) atoms. The Morgan fingerprint density at radius 3 is 2.60 bits per heavy atom. The molecular formula is C11H8BrClN2. The molecule has 0 bridgehead atoms. The van der Waals surface area contributed by atoms with Crippen LogP contribution in [-0.4, -0.2) is 4.98 Å². The summed E-state index contributed by atoms with van der Waals surface area (Å²) in [5.74, 6) is 0.755. The zero-order valence-electron chi connectivity index (χ0n) is 7.74. The van der Waals surface area contributed by atoms with Gasteiger partial charge >= 0.3 is 0 Å². The smallest absolute Gasteiger partial charge is 0.144 e. The highest BCUT2D eigenvalue weighted by Gasteiger charge is 2.01. The maximum Gasteiger partial charge on any atom is 0.144 e. The van der Waals surface area contributed by atoms with Crippen molar-refractivity contribution in [2.45, 2.75) is 0 Å². The topological polar surface area (TPSA) is 24.9 Å². The molecule has 0 saturated carbocycles. The zero-order chi connectivity index (χ0) is 10.7. The van der Waals surface area contributed by atoms with Gasteiger partial charge in [0.2, 0.25) is 0 Å². The molecule has 1 heterocycles. The van der Waals surface area contributed by atoms with Gasteiger partial charge < -0.3 is 5.32 Å². The fourth-order valence-corrected chi connectivity index (χ4v) is 1.90. The van der Waals surface area contributed by atoms with Crippen LogP contribution in [0, 0.1) is 0 Å². The Labute approximate surface area is 101 Å². The second-order valence-corrected chi connectivity index (χ2v) is 4.27. The van der Waals surface area contributed by atoms with Crippen LogP contribution < -0.4 is 5.32 Å². The Balaban J connectivity index is 2.25. The first-order chi connectivity index (χ1) is 7.25. The highest BCUT2D eigenvalue weighted by Crippen LogP contribution is 2.25. The van der Waals surface area contributed by atoms with Crippen LogP contribution in [-0.2, 0) is 0 Å². The minimum atomic E-state index is 0.612. The normalized spacial score (nSPS) is 10.0. The summed E-state index contributed by atoms with van der Waals surface area (Å²) in [7, 11) is 0. The Hall–Kier alpha value is -1.06. The molecule has 76 valence electrons. The number of hydrogen-bond acceptors (Lipinski definition) is 2. The fraction of sp³-hybridized carbons (Fsp3) is 0. The van der Waals surface area contributed by atoms with Crippen LogP contribution in [0.15, 0.2) is 47.1 Å². The summed E-state index contributed by atoms with van der Waals surface area (Å²) < 4.78 is 0.846. The third kappa shape index (κ3) is 2.70. The number of anilines is 2. The van der Waals surface area contributed by atoms with Gasteiger partial charge in [-0.2, -0.15) is 0 Å². The van der Waals surface area contributed by atoms with E-state index in [0.29, 0.717) is 5.02 Å². The van der Waals surface area contributed by atoms with Gasteiger partial charge in [0.1, 0.15) is 5.82 Å². The molecule has 1 N–H and O–H groups in total. The molecule has 0 aliphatic rings. The van der Waals surface area contributed by atoms with Crippen molar-refractivity contribution in [3.05, 3.63) is 52.1 Å². The van der Waals surface area contributed by atoms with E-state index in [1.165, 1.54) is 0 Å². The third-order valence-corrected chi connectivity index (χ3v) is 2.66. The van der Waals surface area contributed by atoms with Gasteiger partial charge in [0.25, 0.3) is 0 Å². The number of nitrogens with zero attached hydrogens (tertiary/aromatic N) is 1. The van der Waals surface area contributed by atoms with Gasteiger partial charge in [0.15, 0.2) is 0 Å². The van der Waals surface area contributed by atoms with E-state index in [4.69, 9.17) is 11.6 Å². The van der Waals surface area contributed by atoms with E-state index in [2.05, 4.69) is 26.2 Å². The molecule has 1 aromatic heterocycles. The summed E-state index contributed by atoms with van der Waals surface area (Å²) in [6, 6.07) is 11.7. The average Bonchev–Trinajstić information content (AvgIpc) is 2.24. The first-order valence-electron chi connectivity index (χ1n) is 4.39. The van der Waals surface area contributed by atoms with Gasteiger partial charge in [-0.05, 0) is 34.1 Å². The highest BCUT2D eigenvalue weighted by atomic mass is 79.9. The van der Waals surface area contributed by atoms with Crippen molar-refractivity contribution in [3.8, 4) is 0 Å². The van der Waals surface area contributed by atoms with Crippen LogP contribution in [0.25, 0.3) is 0 Å². The molecule has 0 spiro atoms. The molecule has 0 saturated heterocycles. The lowest BCUT2D eigenvalue weighted by Gasteiger charge is -2.06. The highest BCUT2D eigenvalue weighted by molar-refractivity contribution is 9.10. The number of pyridine rings is 1. The van der Waals surface area contributed by atoms with Crippen LogP contribution in [0.1, 0.15) is 0 Å². The van der Waals surface area contributed by atoms with Crippen LogP contribution in [0.5, 0.6) is 0 Å². The van der Waals surface area contributed by atoms with E-state index in [9.17, 15) is 0 Å². The summed E-state index contributed by atoms with van der Waals surface area (Å²) in [6.45, 7) is 0. The Morgan fingerprint density at radius 2 is 1.93 bits per heavy atom. The monoisotopic (exact) mass is 282 g/mol. The van der Waals surface area contributed by atoms with E-state index in [-0.39, 0.29) is 0 Å². The number of hydrogen-bond donors (Lipinski definition) is 1. The van der Waals surface area contributed by atoms with Crippen molar-refractivity contribution in [2.75, 3.05) is 5.32 Å². The average molecular weight is 284 g/mol. The lowest BCUT2D eigenvalue weighted by molar-refractivity contribution is 1.29. The zero-order valence-corrected chi connectivity index (χ0v) is 10.1. The Bertz CT molecular complexity index is 459. The predicted octanol–water partition coefficient (Wildman–Crippen LogP) is 4.24. The molecular weight excluding hydrogens is 275 g/mol. The van der Waals surface area contributed by atoms with Gasteiger partial charge in [-0.1, -0.05) is 29.8 Å². The SMILES string of the molecule is Clc1cnc(Nc2ccccc2)c(Br)c1. The number of nitrogens with one attached hydrogen (secondary N) is 1.